The van der Waals surface area contributed by atoms with E-state index < -0.39 is 0 Å². The van der Waals surface area contributed by atoms with Gasteiger partial charge in [-0.25, -0.2) is 0 Å². The van der Waals surface area contributed by atoms with E-state index in [1.165, 1.54) is 0 Å². The Kier molecular flexibility index (Phi) is 4.55. The Morgan fingerprint density at radius 1 is 0.944 bits per heavy atom. The molecule has 0 atom stereocenters. The van der Waals surface area contributed by atoms with Crippen molar-refractivity contribution in [2.75, 3.05) is 14.2 Å². The molecule has 2 aromatic carbocycles. The Bertz CT molecular complexity index is 526. The van der Waals surface area contributed by atoms with Crippen LogP contribution in [0.5, 0.6) is 11.5 Å². The summed E-state index contributed by atoms with van der Waals surface area (Å²) >= 11 is 5.10. The summed E-state index contributed by atoms with van der Waals surface area (Å²) in [5, 5.41) is 0. The fourth-order valence-corrected chi connectivity index (χ4v) is 2.74. The molecule has 0 aliphatic rings. The standard InChI is InChI=1S/C14H13BrO2S/c1-16-11-4-6-12(7-5-11)18-14-8-3-10(15)9-13(14)17-2/h3-9H,1-2H3. The second-order valence-electron chi connectivity index (χ2n) is 3.57. The maximum absolute atomic E-state index is 5.37. The molecule has 0 N–H and O–H groups in total. The molecule has 0 unspecified atom stereocenters. The summed E-state index contributed by atoms with van der Waals surface area (Å²) < 4.78 is 11.5. The zero-order chi connectivity index (χ0) is 13.0. The van der Waals surface area contributed by atoms with Crippen LogP contribution in [0.15, 0.2) is 56.7 Å². The Hall–Kier alpha value is -1.13. The Labute approximate surface area is 119 Å². The second kappa shape index (κ2) is 6.16. The van der Waals surface area contributed by atoms with Gasteiger partial charge in [0.05, 0.1) is 19.1 Å². The fourth-order valence-electron chi connectivity index (χ4n) is 1.50. The second-order valence-corrected chi connectivity index (χ2v) is 5.60. The van der Waals surface area contributed by atoms with Gasteiger partial charge >= 0.3 is 0 Å². The number of methoxy groups -OCH3 is 2. The van der Waals surface area contributed by atoms with Gasteiger partial charge in [-0.2, -0.15) is 0 Å². The summed E-state index contributed by atoms with van der Waals surface area (Å²) in [5.74, 6) is 1.73. The summed E-state index contributed by atoms with van der Waals surface area (Å²) in [6.45, 7) is 0. The third-order valence-electron chi connectivity index (χ3n) is 2.41. The molecule has 0 amide bonds. The maximum Gasteiger partial charge on any atom is 0.133 e. The van der Waals surface area contributed by atoms with Crippen molar-refractivity contribution in [3.8, 4) is 11.5 Å². The predicted molar refractivity (Wildman–Crippen MR) is 77.8 cm³/mol. The van der Waals surface area contributed by atoms with Gasteiger partial charge < -0.3 is 9.47 Å². The van der Waals surface area contributed by atoms with E-state index in [0.29, 0.717) is 0 Å². The molecule has 4 heteroatoms. The molecule has 0 heterocycles. The van der Waals surface area contributed by atoms with Gasteiger partial charge in [0.15, 0.2) is 0 Å². The van der Waals surface area contributed by atoms with Crippen molar-refractivity contribution in [3.63, 3.8) is 0 Å². The molecule has 0 saturated carbocycles. The van der Waals surface area contributed by atoms with Crippen molar-refractivity contribution in [2.45, 2.75) is 9.79 Å². The number of benzene rings is 2. The molecular formula is C14H13BrO2S. The molecule has 18 heavy (non-hydrogen) atoms. The van der Waals surface area contributed by atoms with E-state index in [1.54, 1.807) is 26.0 Å². The highest BCUT2D eigenvalue weighted by Crippen LogP contribution is 2.36. The first-order chi connectivity index (χ1) is 8.72. The average Bonchev–Trinajstić information content (AvgIpc) is 2.41. The lowest BCUT2D eigenvalue weighted by Crippen LogP contribution is -1.86. The van der Waals surface area contributed by atoms with Crippen LogP contribution < -0.4 is 9.47 Å². The minimum absolute atomic E-state index is 0.863. The van der Waals surface area contributed by atoms with Crippen molar-refractivity contribution in [2.24, 2.45) is 0 Å². The molecule has 0 radical (unpaired) electrons. The molecule has 0 spiro atoms. The number of rotatable bonds is 4. The lowest BCUT2D eigenvalue weighted by molar-refractivity contribution is 0.404. The first-order valence-electron chi connectivity index (χ1n) is 5.38. The van der Waals surface area contributed by atoms with E-state index in [9.17, 15) is 0 Å². The fraction of sp³-hybridized carbons (Fsp3) is 0.143. The first-order valence-corrected chi connectivity index (χ1v) is 6.99. The number of hydrogen-bond donors (Lipinski definition) is 0. The summed E-state index contributed by atoms with van der Waals surface area (Å²) in [6.07, 6.45) is 0. The van der Waals surface area contributed by atoms with Crippen LogP contribution in [-0.2, 0) is 0 Å². The van der Waals surface area contributed by atoms with Crippen LogP contribution in [0.1, 0.15) is 0 Å². The summed E-state index contributed by atoms with van der Waals surface area (Å²) in [6, 6.07) is 14.0. The van der Waals surface area contributed by atoms with Crippen LogP contribution in [0.4, 0.5) is 0 Å². The normalized spacial score (nSPS) is 10.2. The molecular weight excluding hydrogens is 312 g/mol. The van der Waals surface area contributed by atoms with Crippen LogP contribution in [0, 0.1) is 0 Å². The van der Waals surface area contributed by atoms with Gasteiger partial charge in [0.25, 0.3) is 0 Å². The quantitative estimate of drug-likeness (QED) is 0.817. The van der Waals surface area contributed by atoms with E-state index in [-0.39, 0.29) is 0 Å². The van der Waals surface area contributed by atoms with Crippen molar-refractivity contribution >= 4 is 27.7 Å². The highest BCUT2D eigenvalue weighted by molar-refractivity contribution is 9.10. The van der Waals surface area contributed by atoms with E-state index in [2.05, 4.69) is 15.9 Å². The third-order valence-corrected chi connectivity index (χ3v) is 3.97. The molecule has 0 aliphatic heterocycles. The van der Waals surface area contributed by atoms with Gasteiger partial charge in [-0.05, 0) is 42.5 Å². The van der Waals surface area contributed by atoms with Gasteiger partial charge in [-0.1, -0.05) is 27.7 Å². The van der Waals surface area contributed by atoms with Crippen LogP contribution in [0.2, 0.25) is 0 Å². The monoisotopic (exact) mass is 324 g/mol. The van der Waals surface area contributed by atoms with Gasteiger partial charge in [-0.15, -0.1) is 0 Å². The van der Waals surface area contributed by atoms with E-state index in [0.717, 1.165) is 25.8 Å². The molecule has 2 nitrogen and oxygen atoms in total. The highest BCUT2D eigenvalue weighted by atomic mass is 79.9. The Morgan fingerprint density at radius 2 is 1.67 bits per heavy atom. The molecule has 0 aliphatic carbocycles. The summed E-state index contributed by atoms with van der Waals surface area (Å²) in [7, 11) is 3.35. The largest absolute Gasteiger partial charge is 0.497 e. The van der Waals surface area contributed by atoms with Gasteiger partial charge in [0.2, 0.25) is 0 Å². The minimum atomic E-state index is 0.863. The molecule has 0 fully saturated rings. The van der Waals surface area contributed by atoms with Gasteiger partial charge in [-0.3, -0.25) is 0 Å². The smallest absolute Gasteiger partial charge is 0.133 e. The molecule has 2 rings (SSSR count). The molecule has 0 saturated heterocycles. The molecule has 2 aromatic rings. The Morgan fingerprint density at radius 3 is 2.28 bits per heavy atom. The minimum Gasteiger partial charge on any atom is -0.497 e. The van der Waals surface area contributed by atoms with Crippen LogP contribution in [-0.4, -0.2) is 14.2 Å². The average molecular weight is 325 g/mol. The van der Waals surface area contributed by atoms with E-state index in [4.69, 9.17) is 9.47 Å². The SMILES string of the molecule is COc1ccc(Sc2ccc(Br)cc2OC)cc1. The van der Waals surface area contributed by atoms with Gasteiger partial charge in [0, 0.05) is 9.37 Å². The highest BCUT2D eigenvalue weighted by Gasteiger charge is 2.05. The van der Waals surface area contributed by atoms with Crippen molar-refractivity contribution in [1.29, 1.82) is 0 Å². The summed E-state index contributed by atoms with van der Waals surface area (Å²) in [4.78, 5) is 2.24. The predicted octanol–water partition coefficient (Wildman–Crippen LogP) is 4.62. The van der Waals surface area contributed by atoms with Crippen molar-refractivity contribution < 1.29 is 9.47 Å². The maximum atomic E-state index is 5.37. The molecule has 0 bridgehead atoms. The lowest BCUT2D eigenvalue weighted by Gasteiger charge is -2.09. The van der Waals surface area contributed by atoms with Crippen LogP contribution in [0.25, 0.3) is 0 Å². The topological polar surface area (TPSA) is 18.5 Å². The third kappa shape index (κ3) is 3.21. The number of halogens is 1. The van der Waals surface area contributed by atoms with E-state index >= 15 is 0 Å². The van der Waals surface area contributed by atoms with Crippen molar-refractivity contribution in [3.05, 3.63) is 46.9 Å². The van der Waals surface area contributed by atoms with Crippen LogP contribution in [0.3, 0.4) is 0 Å². The van der Waals surface area contributed by atoms with Crippen LogP contribution >= 0.6 is 27.7 Å². The Balaban J connectivity index is 2.22. The first kappa shape index (κ1) is 13.3. The van der Waals surface area contributed by atoms with Crippen molar-refractivity contribution in [1.82, 2.24) is 0 Å². The van der Waals surface area contributed by atoms with E-state index in [1.807, 2.05) is 42.5 Å². The zero-order valence-electron chi connectivity index (χ0n) is 10.1. The molecule has 94 valence electrons. The number of hydrogen-bond acceptors (Lipinski definition) is 3. The summed E-state index contributed by atoms with van der Waals surface area (Å²) in [5.41, 5.74) is 0. The zero-order valence-corrected chi connectivity index (χ0v) is 12.5. The lowest BCUT2D eigenvalue weighted by atomic mass is 10.3. The molecule has 0 aromatic heterocycles. The van der Waals surface area contributed by atoms with Gasteiger partial charge in [0.1, 0.15) is 11.5 Å². The number of ether oxygens (including phenoxy) is 2.